The standard InChI is InChI=1S/C29H34N4O2/c1-21-9-10-26(17-22(21)2)29-27(20-33(31-29)19-25-7-5-4-6-8-25)11-12-28(35)32-15-13-24(14-16-32)18-30-23(3)34/h4-12,17,20,24H,13-16,18-19H2,1-3H3,(H,30,34). The molecule has 4 rings (SSSR count). The Bertz CT molecular complexity index is 1200. The minimum absolute atomic E-state index is 0.00109. The molecule has 3 aromatic rings. The average Bonchev–Trinajstić information content (AvgIpc) is 3.26. The predicted molar refractivity (Wildman–Crippen MR) is 140 cm³/mol. The number of likely N-dealkylation sites (tertiary alicyclic amines) is 1. The van der Waals surface area contributed by atoms with Crippen molar-refractivity contribution in [1.29, 1.82) is 0 Å². The zero-order valence-electron chi connectivity index (χ0n) is 20.8. The van der Waals surface area contributed by atoms with Gasteiger partial charge in [-0.05, 0) is 61.4 Å². The van der Waals surface area contributed by atoms with Crippen LogP contribution in [0.15, 0.2) is 60.8 Å². The van der Waals surface area contributed by atoms with Crippen molar-refractivity contribution in [3.05, 3.63) is 83.1 Å². The van der Waals surface area contributed by atoms with E-state index in [1.165, 1.54) is 23.6 Å². The van der Waals surface area contributed by atoms with E-state index in [0.717, 1.165) is 29.7 Å². The number of benzene rings is 2. The lowest BCUT2D eigenvalue weighted by atomic mass is 9.96. The van der Waals surface area contributed by atoms with Crippen LogP contribution in [-0.4, -0.2) is 46.1 Å². The van der Waals surface area contributed by atoms with Crippen LogP contribution in [0.3, 0.4) is 0 Å². The van der Waals surface area contributed by atoms with Gasteiger partial charge < -0.3 is 10.2 Å². The molecule has 0 atom stereocenters. The lowest BCUT2D eigenvalue weighted by Crippen LogP contribution is -2.40. The molecule has 0 saturated carbocycles. The number of aryl methyl sites for hydroxylation is 2. The number of hydrogen-bond acceptors (Lipinski definition) is 3. The molecule has 0 bridgehead atoms. The van der Waals surface area contributed by atoms with E-state index in [-0.39, 0.29) is 11.8 Å². The van der Waals surface area contributed by atoms with E-state index in [9.17, 15) is 9.59 Å². The van der Waals surface area contributed by atoms with Crippen molar-refractivity contribution in [2.75, 3.05) is 19.6 Å². The van der Waals surface area contributed by atoms with Gasteiger partial charge in [-0.3, -0.25) is 14.3 Å². The van der Waals surface area contributed by atoms with Crippen LogP contribution in [0.1, 0.15) is 42.0 Å². The second-order valence-corrected chi connectivity index (χ2v) is 9.45. The van der Waals surface area contributed by atoms with Crippen LogP contribution in [0.4, 0.5) is 0 Å². The van der Waals surface area contributed by atoms with E-state index in [0.29, 0.717) is 32.1 Å². The Kier molecular flexibility index (Phi) is 7.80. The predicted octanol–water partition coefficient (Wildman–Crippen LogP) is 4.60. The molecule has 2 aromatic carbocycles. The first kappa shape index (κ1) is 24.5. The number of aromatic nitrogens is 2. The summed E-state index contributed by atoms with van der Waals surface area (Å²) in [4.78, 5) is 26.0. The van der Waals surface area contributed by atoms with Crippen LogP contribution < -0.4 is 5.32 Å². The van der Waals surface area contributed by atoms with Gasteiger partial charge >= 0.3 is 0 Å². The van der Waals surface area contributed by atoms with Crippen LogP contribution in [-0.2, 0) is 16.1 Å². The highest BCUT2D eigenvalue weighted by Gasteiger charge is 2.22. The molecule has 0 unspecified atom stereocenters. The van der Waals surface area contributed by atoms with Crippen LogP contribution >= 0.6 is 0 Å². The lowest BCUT2D eigenvalue weighted by molar-refractivity contribution is -0.127. The smallest absolute Gasteiger partial charge is 0.246 e. The van der Waals surface area contributed by atoms with Crippen molar-refractivity contribution >= 4 is 17.9 Å². The highest BCUT2D eigenvalue weighted by atomic mass is 16.2. The Morgan fingerprint density at radius 2 is 1.80 bits per heavy atom. The quantitative estimate of drug-likeness (QED) is 0.513. The average molecular weight is 471 g/mol. The summed E-state index contributed by atoms with van der Waals surface area (Å²) in [6.07, 6.45) is 7.39. The summed E-state index contributed by atoms with van der Waals surface area (Å²) in [6, 6.07) is 16.6. The molecule has 1 saturated heterocycles. The van der Waals surface area contributed by atoms with Crippen molar-refractivity contribution in [2.24, 2.45) is 5.92 Å². The third-order valence-electron chi connectivity index (χ3n) is 6.73. The molecule has 1 aliphatic heterocycles. The summed E-state index contributed by atoms with van der Waals surface area (Å²) in [6.45, 7) is 8.53. The highest BCUT2D eigenvalue weighted by Crippen LogP contribution is 2.26. The molecule has 182 valence electrons. The van der Waals surface area contributed by atoms with E-state index in [2.05, 4.69) is 49.5 Å². The minimum atomic E-state index is -0.00109. The van der Waals surface area contributed by atoms with Crippen LogP contribution in [0.25, 0.3) is 17.3 Å². The Labute approximate surface area is 207 Å². The normalized spacial score (nSPS) is 14.4. The number of hydrogen-bond donors (Lipinski definition) is 1. The second kappa shape index (κ2) is 11.2. The summed E-state index contributed by atoms with van der Waals surface area (Å²) in [5.74, 6) is 0.447. The molecule has 1 aromatic heterocycles. The first-order chi connectivity index (χ1) is 16.9. The summed E-state index contributed by atoms with van der Waals surface area (Å²) in [5, 5.41) is 7.78. The second-order valence-electron chi connectivity index (χ2n) is 9.45. The summed E-state index contributed by atoms with van der Waals surface area (Å²) in [7, 11) is 0. The molecule has 1 fully saturated rings. The van der Waals surface area contributed by atoms with Gasteiger partial charge in [-0.2, -0.15) is 5.10 Å². The molecule has 2 heterocycles. The van der Waals surface area contributed by atoms with Gasteiger partial charge in [0.05, 0.1) is 12.2 Å². The van der Waals surface area contributed by atoms with E-state index in [1.807, 2.05) is 40.1 Å². The molecular weight excluding hydrogens is 436 g/mol. The number of piperidine rings is 1. The monoisotopic (exact) mass is 470 g/mol. The number of nitrogens with one attached hydrogen (secondary N) is 1. The van der Waals surface area contributed by atoms with Crippen molar-refractivity contribution in [3.8, 4) is 11.3 Å². The number of nitrogens with zero attached hydrogens (tertiary/aromatic N) is 3. The SMILES string of the molecule is CC(=O)NCC1CCN(C(=O)C=Cc2cn(Cc3ccccc3)nc2-c2ccc(C)c(C)c2)CC1. The zero-order valence-corrected chi connectivity index (χ0v) is 20.8. The fourth-order valence-electron chi connectivity index (χ4n) is 4.44. The molecule has 1 aliphatic rings. The van der Waals surface area contributed by atoms with Gasteiger partial charge in [0, 0.05) is 50.0 Å². The van der Waals surface area contributed by atoms with Crippen molar-refractivity contribution in [2.45, 2.75) is 40.2 Å². The van der Waals surface area contributed by atoms with Gasteiger partial charge in [0.25, 0.3) is 0 Å². The summed E-state index contributed by atoms with van der Waals surface area (Å²) >= 11 is 0. The van der Waals surface area contributed by atoms with E-state index < -0.39 is 0 Å². The number of carbonyl (C=O) groups excluding carboxylic acids is 2. The number of amides is 2. The van der Waals surface area contributed by atoms with Gasteiger partial charge in [0.1, 0.15) is 0 Å². The molecule has 6 nitrogen and oxygen atoms in total. The molecule has 35 heavy (non-hydrogen) atoms. The maximum absolute atomic E-state index is 12.9. The lowest BCUT2D eigenvalue weighted by Gasteiger charge is -2.31. The Hall–Kier alpha value is -3.67. The van der Waals surface area contributed by atoms with Crippen molar-refractivity contribution in [3.63, 3.8) is 0 Å². The summed E-state index contributed by atoms with van der Waals surface area (Å²) < 4.78 is 1.94. The van der Waals surface area contributed by atoms with Crippen molar-refractivity contribution < 1.29 is 9.59 Å². The topological polar surface area (TPSA) is 67.2 Å². The fourth-order valence-corrected chi connectivity index (χ4v) is 4.44. The largest absolute Gasteiger partial charge is 0.356 e. The third kappa shape index (κ3) is 6.47. The molecule has 0 aliphatic carbocycles. The Balaban J connectivity index is 1.50. The van der Waals surface area contributed by atoms with E-state index >= 15 is 0 Å². The van der Waals surface area contributed by atoms with Crippen molar-refractivity contribution in [1.82, 2.24) is 20.0 Å². The molecule has 0 spiro atoms. The van der Waals surface area contributed by atoms with Gasteiger partial charge in [-0.15, -0.1) is 0 Å². The molecule has 2 amide bonds. The molecule has 1 N–H and O–H groups in total. The number of rotatable bonds is 7. The van der Waals surface area contributed by atoms with Crippen LogP contribution in [0, 0.1) is 19.8 Å². The number of carbonyl (C=O) groups is 2. The molecule has 6 heteroatoms. The Morgan fingerprint density at radius 3 is 2.49 bits per heavy atom. The third-order valence-corrected chi connectivity index (χ3v) is 6.73. The summed E-state index contributed by atoms with van der Waals surface area (Å²) in [5.41, 5.74) is 6.49. The first-order valence-electron chi connectivity index (χ1n) is 12.3. The Morgan fingerprint density at radius 1 is 1.06 bits per heavy atom. The van der Waals surface area contributed by atoms with Gasteiger partial charge in [0.15, 0.2) is 0 Å². The minimum Gasteiger partial charge on any atom is -0.356 e. The van der Waals surface area contributed by atoms with Crippen LogP contribution in [0.5, 0.6) is 0 Å². The van der Waals surface area contributed by atoms with E-state index in [1.54, 1.807) is 6.08 Å². The van der Waals surface area contributed by atoms with Gasteiger partial charge in [0.2, 0.25) is 11.8 Å². The van der Waals surface area contributed by atoms with Gasteiger partial charge in [-0.25, -0.2) is 0 Å². The highest BCUT2D eigenvalue weighted by molar-refractivity contribution is 5.93. The zero-order chi connectivity index (χ0) is 24.8. The molecular formula is C29H34N4O2. The maximum Gasteiger partial charge on any atom is 0.246 e. The van der Waals surface area contributed by atoms with Gasteiger partial charge in [-0.1, -0.05) is 42.5 Å². The fraction of sp³-hybridized carbons (Fsp3) is 0.345. The van der Waals surface area contributed by atoms with Crippen LogP contribution in [0.2, 0.25) is 0 Å². The molecule has 0 radical (unpaired) electrons. The maximum atomic E-state index is 12.9. The first-order valence-corrected chi connectivity index (χ1v) is 12.3. The van der Waals surface area contributed by atoms with E-state index in [4.69, 9.17) is 5.10 Å².